The van der Waals surface area contributed by atoms with Crippen LogP contribution in [0.1, 0.15) is 11.1 Å². The number of benzene rings is 4. The van der Waals surface area contributed by atoms with E-state index in [0.717, 1.165) is 24.3 Å². The molecule has 0 atom stereocenters. The molecule has 194 valence electrons. The molecule has 0 aliphatic heterocycles. The van der Waals surface area contributed by atoms with Gasteiger partial charge in [-0.05, 0) is 47.2 Å². The van der Waals surface area contributed by atoms with E-state index in [1.165, 1.54) is 36.4 Å². The van der Waals surface area contributed by atoms with Gasteiger partial charge in [0.05, 0.1) is 11.4 Å². The summed E-state index contributed by atoms with van der Waals surface area (Å²) in [5.74, 6) is -1.35. The standard InChI is InChI=1S/C26H20N2O8S2.2Na/c29-25(17-7-3-1-4-8-17)27-19-11-13-21(23(15-19)37(31,32)33)22-14-12-20(16-24(22)38(34,35)36)28-26(30)18-9-5-2-6-10-18;;/h1-16H,(H,27,29)(H,28,30)(H,31,32,33)(H,34,35,36);;/q;2*+1/p-2. The minimum Gasteiger partial charge on any atom is -0.858 e. The summed E-state index contributed by atoms with van der Waals surface area (Å²) in [6.07, 6.45) is 0. The van der Waals surface area contributed by atoms with Gasteiger partial charge in [0.15, 0.2) is 0 Å². The van der Waals surface area contributed by atoms with Crippen LogP contribution in [-0.2, 0) is 20.2 Å². The Morgan fingerprint density at radius 1 is 0.550 bits per heavy atom. The van der Waals surface area contributed by atoms with Crippen LogP contribution < -0.4 is 69.3 Å². The van der Waals surface area contributed by atoms with Crippen LogP contribution in [0.5, 0.6) is 0 Å². The number of nitrogens with zero attached hydrogens (tertiary/aromatic N) is 2. The van der Waals surface area contributed by atoms with Gasteiger partial charge in [0.25, 0.3) is 20.2 Å². The molecule has 4 aromatic rings. The molecule has 0 aliphatic rings. The van der Waals surface area contributed by atoms with Crippen LogP contribution in [0.15, 0.2) is 117 Å². The second-order valence-corrected chi connectivity index (χ2v) is 10.7. The van der Waals surface area contributed by atoms with E-state index >= 15 is 0 Å². The van der Waals surface area contributed by atoms with Crippen molar-refractivity contribution in [3.8, 4) is 11.1 Å². The van der Waals surface area contributed by atoms with E-state index in [1.54, 1.807) is 36.4 Å². The second kappa shape index (κ2) is 14.0. The van der Waals surface area contributed by atoms with Gasteiger partial charge in [0, 0.05) is 11.1 Å². The Hall–Kier alpha value is -2.36. The Kier molecular flexibility index (Phi) is 11.9. The fraction of sp³-hybridized carbons (Fsp3) is 0. The van der Waals surface area contributed by atoms with Crippen molar-refractivity contribution >= 4 is 43.4 Å². The minimum absolute atomic E-state index is 0. The quantitative estimate of drug-likeness (QED) is 0.0966. The average molecular weight is 597 g/mol. The number of hydrogen-bond acceptors (Lipinski definition) is 8. The molecule has 2 N–H and O–H groups in total. The van der Waals surface area contributed by atoms with Gasteiger partial charge in [-0.3, -0.25) is 19.1 Å². The summed E-state index contributed by atoms with van der Waals surface area (Å²) in [5.41, 5.74) is -0.363. The zero-order valence-electron chi connectivity index (χ0n) is 21.3. The van der Waals surface area contributed by atoms with E-state index in [2.05, 4.69) is 9.98 Å². The smallest absolute Gasteiger partial charge is 0.858 e. The third-order valence-electron chi connectivity index (χ3n) is 5.28. The largest absolute Gasteiger partial charge is 1.00 e. The van der Waals surface area contributed by atoms with Crippen molar-refractivity contribution < 1.29 is 95.3 Å². The van der Waals surface area contributed by atoms with Crippen LogP contribution in [0.25, 0.3) is 11.1 Å². The zero-order valence-corrected chi connectivity index (χ0v) is 26.9. The molecule has 0 radical (unpaired) electrons. The van der Waals surface area contributed by atoms with E-state index in [0.29, 0.717) is 0 Å². The van der Waals surface area contributed by atoms with Crippen LogP contribution in [-0.4, -0.2) is 37.7 Å². The first-order valence-corrected chi connectivity index (χ1v) is 13.7. The number of hydrogen-bond donors (Lipinski definition) is 2. The van der Waals surface area contributed by atoms with Crippen molar-refractivity contribution in [2.45, 2.75) is 9.79 Å². The molecule has 14 heteroatoms. The molecule has 0 amide bonds. The van der Waals surface area contributed by atoms with Gasteiger partial charge >= 0.3 is 59.1 Å². The molecule has 10 nitrogen and oxygen atoms in total. The van der Waals surface area contributed by atoms with Crippen LogP contribution in [0.2, 0.25) is 0 Å². The van der Waals surface area contributed by atoms with Gasteiger partial charge in [-0.15, -0.1) is 0 Å². The van der Waals surface area contributed by atoms with E-state index in [1.807, 2.05) is 0 Å². The molecule has 0 fully saturated rings. The predicted octanol–water partition coefficient (Wildman–Crippen LogP) is -3.27. The first-order valence-electron chi connectivity index (χ1n) is 10.8. The third kappa shape index (κ3) is 8.33. The van der Waals surface area contributed by atoms with E-state index < -0.39 is 41.8 Å². The topological polar surface area (TPSA) is 180 Å². The Balaban J connectivity index is 0.00000280. The van der Waals surface area contributed by atoms with Crippen LogP contribution in [0.3, 0.4) is 0 Å². The Morgan fingerprint density at radius 3 is 1.18 bits per heavy atom. The van der Waals surface area contributed by atoms with Crippen molar-refractivity contribution in [3.63, 3.8) is 0 Å². The van der Waals surface area contributed by atoms with Crippen molar-refractivity contribution in [3.05, 3.63) is 108 Å². The van der Waals surface area contributed by atoms with E-state index in [-0.39, 0.29) is 92.7 Å². The maximum atomic E-state index is 12.4. The van der Waals surface area contributed by atoms with Crippen molar-refractivity contribution in [2.24, 2.45) is 9.98 Å². The number of aliphatic imine (C=N–C) groups is 2. The zero-order chi connectivity index (χ0) is 27.5. The molecule has 0 spiro atoms. The molecule has 0 aliphatic carbocycles. The Morgan fingerprint density at radius 2 is 0.875 bits per heavy atom. The van der Waals surface area contributed by atoms with Crippen molar-refractivity contribution in [1.82, 2.24) is 0 Å². The monoisotopic (exact) mass is 596 g/mol. The molecule has 0 heterocycles. The van der Waals surface area contributed by atoms with Crippen molar-refractivity contribution in [1.29, 1.82) is 0 Å². The molecular weight excluding hydrogens is 578 g/mol. The summed E-state index contributed by atoms with van der Waals surface area (Å²) in [6, 6.07) is 22.5. The molecule has 0 saturated heterocycles. The fourth-order valence-corrected chi connectivity index (χ4v) is 5.01. The summed E-state index contributed by atoms with van der Waals surface area (Å²) in [6.45, 7) is 0. The summed E-state index contributed by atoms with van der Waals surface area (Å²) >= 11 is 0. The van der Waals surface area contributed by atoms with Crippen LogP contribution >= 0.6 is 0 Å². The molecule has 4 aromatic carbocycles. The van der Waals surface area contributed by atoms with Gasteiger partial charge in [0.2, 0.25) is 0 Å². The van der Waals surface area contributed by atoms with Gasteiger partial charge < -0.3 is 10.2 Å². The molecular formula is C26H18N2Na2O8S2. The molecule has 0 bridgehead atoms. The Labute approximate surface area is 275 Å². The second-order valence-electron chi connectivity index (χ2n) is 7.88. The predicted molar refractivity (Wildman–Crippen MR) is 137 cm³/mol. The molecule has 0 aromatic heterocycles. The number of rotatable bonds is 7. The van der Waals surface area contributed by atoms with E-state index in [9.17, 15) is 36.2 Å². The van der Waals surface area contributed by atoms with Gasteiger partial charge in [-0.1, -0.05) is 72.8 Å². The van der Waals surface area contributed by atoms with Crippen LogP contribution in [0.4, 0.5) is 11.4 Å². The first-order chi connectivity index (χ1) is 17.9. The maximum absolute atomic E-state index is 12.4. The summed E-state index contributed by atoms with van der Waals surface area (Å²) in [7, 11) is -9.91. The third-order valence-corrected chi connectivity index (χ3v) is 7.07. The fourth-order valence-electron chi connectivity index (χ4n) is 3.56. The summed E-state index contributed by atoms with van der Waals surface area (Å²) < 4.78 is 68.6. The van der Waals surface area contributed by atoms with Gasteiger partial charge in [0.1, 0.15) is 9.79 Å². The maximum Gasteiger partial charge on any atom is 1.00 e. The SMILES string of the molecule is O=S(=O)(O)c1cc(N=C([O-])c2ccccc2)ccc1-c1ccc(N=C([O-])c2ccccc2)cc1S(=O)(=O)O.[Na+].[Na+]. The minimum atomic E-state index is -4.96. The van der Waals surface area contributed by atoms with Crippen molar-refractivity contribution in [2.75, 3.05) is 0 Å². The van der Waals surface area contributed by atoms with Gasteiger partial charge in [-0.2, -0.15) is 16.8 Å². The molecule has 4 rings (SSSR count). The van der Waals surface area contributed by atoms with E-state index in [4.69, 9.17) is 0 Å². The molecule has 40 heavy (non-hydrogen) atoms. The van der Waals surface area contributed by atoms with Crippen LogP contribution in [0, 0.1) is 0 Å². The summed E-state index contributed by atoms with van der Waals surface area (Å²) in [4.78, 5) is 6.19. The average Bonchev–Trinajstić information content (AvgIpc) is 2.88. The molecule has 0 saturated carbocycles. The summed E-state index contributed by atoms with van der Waals surface area (Å²) in [5, 5.41) is 24.8. The Bertz CT molecular complexity index is 1650. The van der Waals surface area contributed by atoms with Gasteiger partial charge in [-0.25, -0.2) is 0 Å². The normalized spacial score (nSPS) is 12.2. The molecule has 0 unspecified atom stereocenters. The first kappa shape index (κ1) is 33.8.